The Morgan fingerprint density at radius 2 is 2.09 bits per heavy atom. The van der Waals surface area contributed by atoms with Crippen LogP contribution in [0.25, 0.3) is 0 Å². The van der Waals surface area contributed by atoms with Gasteiger partial charge in [0.2, 0.25) is 0 Å². The first-order valence-corrected chi connectivity index (χ1v) is 3.78. The number of hydrogen-bond acceptors (Lipinski definition) is 1. The molecule has 11 heavy (non-hydrogen) atoms. The molecule has 0 aromatic carbocycles. The molecule has 0 heterocycles. The molecular weight excluding hydrogens is 136 g/mol. The molecule has 0 aromatic rings. The maximum atomic E-state index is 10.1. The molecule has 1 nitrogen and oxygen atoms in total. The van der Waals surface area contributed by atoms with Crippen molar-refractivity contribution in [1.82, 2.24) is 0 Å². The number of aldehydes is 1. The average Bonchev–Trinajstić information content (AvgIpc) is 2.08. The zero-order valence-corrected chi connectivity index (χ0v) is 6.81. The monoisotopic (exact) mass is 150 g/mol. The lowest BCUT2D eigenvalue weighted by molar-refractivity contribution is -0.105. The molecule has 0 bridgehead atoms. The van der Waals surface area contributed by atoms with Gasteiger partial charge in [-0.2, -0.15) is 0 Å². The van der Waals surface area contributed by atoms with Gasteiger partial charge in [0.25, 0.3) is 0 Å². The largest absolute Gasteiger partial charge is 0.298 e. The summed E-state index contributed by atoms with van der Waals surface area (Å²) in [4.78, 5) is 10.1. The van der Waals surface area contributed by atoms with Crippen LogP contribution in [-0.4, -0.2) is 6.29 Å². The van der Waals surface area contributed by atoms with Gasteiger partial charge in [-0.15, -0.1) is 5.73 Å². The molecule has 0 saturated carbocycles. The summed E-state index contributed by atoms with van der Waals surface area (Å²) in [7, 11) is 0. The number of carbonyl (C=O) groups is 1. The fraction of sp³-hybridized carbons (Fsp3) is 0.400. The molecule has 0 atom stereocenters. The van der Waals surface area contributed by atoms with Crippen molar-refractivity contribution in [3.8, 4) is 0 Å². The Balaban J connectivity index is 0.000000292. The van der Waals surface area contributed by atoms with E-state index in [1.807, 2.05) is 6.08 Å². The van der Waals surface area contributed by atoms with Gasteiger partial charge in [0.05, 0.1) is 0 Å². The molecule has 0 aliphatic heterocycles. The topological polar surface area (TPSA) is 17.1 Å². The van der Waals surface area contributed by atoms with Gasteiger partial charge in [-0.3, -0.25) is 4.79 Å². The zero-order valence-electron chi connectivity index (χ0n) is 6.81. The summed E-state index contributed by atoms with van der Waals surface area (Å²) in [6.07, 6.45) is 7.58. The van der Waals surface area contributed by atoms with Crippen molar-refractivity contribution < 1.29 is 4.79 Å². The van der Waals surface area contributed by atoms with Crippen molar-refractivity contribution in [2.24, 2.45) is 0 Å². The lowest BCUT2D eigenvalue weighted by atomic mass is 10.0. The second-order valence-corrected chi connectivity index (χ2v) is 2.39. The van der Waals surface area contributed by atoms with Gasteiger partial charge in [-0.1, -0.05) is 19.2 Å². The van der Waals surface area contributed by atoms with E-state index in [1.165, 1.54) is 12.8 Å². The first kappa shape index (κ1) is 9.93. The smallest absolute Gasteiger partial charge is 0.145 e. The molecule has 1 heteroatoms. The molecule has 1 aliphatic rings. The lowest BCUT2D eigenvalue weighted by Gasteiger charge is -2.04. The van der Waals surface area contributed by atoms with Gasteiger partial charge < -0.3 is 0 Å². The highest BCUT2D eigenvalue weighted by atomic mass is 16.1. The van der Waals surface area contributed by atoms with Crippen LogP contribution in [0.5, 0.6) is 0 Å². The van der Waals surface area contributed by atoms with Gasteiger partial charge >= 0.3 is 0 Å². The fourth-order valence-electron chi connectivity index (χ4n) is 0.970. The summed E-state index contributed by atoms with van der Waals surface area (Å²) in [5.41, 5.74) is 3.25. The normalized spacial score (nSPS) is 15.1. The van der Waals surface area contributed by atoms with E-state index >= 15 is 0 Å². The minimum Gasteiger partial charge on any atom is -0.298 e. The molecule has 0 saturated heterocycles. The molecule has 0 unspecified atom stereocenters. The van der Waals surface area contributed by atoms with E-state index in [2.05, 4.69) is 18.9 Å². The first-order chi connectivity index (χ1) is 5.35. The molecule has 0 amide bonds. The van der Waals surface area contributed by atoms with E-state index in [0.717, 1.165) is 24.7 Å². The Labute approximate surface area is 68.1 Å². The second-order valence-electron chi connectivity index (χ2n) is 2.39. The third kappa shape index (κ3) is 5.38. The predicted molar refractivity (Wildman–Crippen MR) is 47.4 cm³/mol. The average molecular weight is 150 g/mol. The molecule has 0 radical (unpaired) electrons. The Kier molecular flexibility index (Phi) is 6.36. The SMILES string of the molecule is C=C=C.O=CC1=CCCCC1. The van der Waals surface area contributed by atoms with Gasteiger partial charge in [0.15, 0.2) is 0 Å². The molecule has 0 N–H and O–H groups in total. The van der Waals surface area contributed by atoms with Gasteiger partial charge in [0.1, 0.15) is 6.29 Å². The minimum atomic E-state index is 0.971. The maximum absolute atomic E-state index is 10.1. The molecule has 0 aromatic heterocycles. The highest BCUT2D eigenvalue weighted by Gasteiger charge is 1.99. The van der Waals surface area contributed by atoms with Crippen LogP contribution in [0.3, 0.4) is 0 Å². The Bertz CT molecular complexity index is 171. The number of carbonyl (C=O) groups excluding carboxylic acids is 1. The lowest BCUT2D eigenvalue weighted by Crippen LogP contribution is -1.91. The highest BCUT2D eigenvalue weighted by Crippen LogP contribution is 2.14. The number of allylic oxidation sites excluding steroid dienone is 2. The fourth-order valence-corrected chi connectivity index (χ4v) is 0.970. The third-order valence-electron chi connectivity index (χ3n) is 1.48. The molecule has 1 aliphatic carbocycles. The van der Waals surface area contributed by atoms with Crippen LogP contribution in [0.1, 0.15) is 25.7 Å². The van der Waals surface area contributed by atoms with E-state index in [0.29, 0.717) is 0 Å². The van der Waals surface area contributed by atoms with Crippen LogP contribution >= 0.6 is 0 Å². The van der Waals surface area contributed by atoms with Crippen molar-refractivity contribution in [3.05, 3.63) is 30.5 Å². The number of rotatable bonds is 1. The first-order valence-electron chi connectivity index (χ1n) is 3.78. The van der Waals surface area contributed by atoms with E-state index in [9.17, 15) is 4.79 Å². The van der Waals surface area contributed by atoms with Gasteiger partial charge in [0, 0.05) is 0 Å². The van der Waals surface area contributed by atoms with Crippen molar-refractivity contribution in [1.29, 1.82) is 0 Å². The van der Waals surface area contributed by atoms with Gasteiger partial charge in [-0.25, -0.2) is 0 Å². The van der Waals surface area contributed by atoms with Crippen molar-refractivity contribution in [2.45, 2.75) is 25.7 Å². The predicted octanol–water partition coefficient (Wildman–Crippen LogP) is 2.64. The Morgan fingerprint density at radius 1 is 1.45 bits per heavy atom. The number of hydrogen-bond donors (Lipinski definition) is 0. The summed E-state index contributed by atoms with van der Waals surface area (Å²) in [6, 6.07) is 0. The second kappa shape index (κ2) is 7.04. The van der Waals surface area contributed by atoms with E-state index < -0.39 is 0 Å². The minimum absolute atomic E-state index is 0.971. The third-order valence-corrected chi connectivity index (χ3v) is 1.48. The van der Waals surface area contributed by atoms with Crippen LogP contribution < -0.4 is 0 Å². The molecule has 1 rings (SSSR count). The van der Waals surface area contributed by atoms with Crippen molar-refractivity contribution in [2.75, 3.05) is 0 Å². The van der Waals surface area contributed by atoms with E-state index in [1.54, 1.807) is 0 Å². The van der Waals surface area contributed by atoms with Crippen LogP contribution in [0.15, 0.2) is 30.5 Å². The van der Waals surface area contributed by atoms with E-state index in [-0.39, 0.29) is 0 Å². The van der Waals surface area contributed by atoms with Crippen LogP contribution in [0.2, 0.25) is 0 Å². The highest BCUT2D eigenvalue weighted by molar-refractivity contribution is 5.73. The van der Waals surface area contributed by atoms with Gasteiger partial charge in [-0.05, 0) is 31.3 Å². The summed E-state index contributed by atoms with van der Waals surface area (Å²) in [5, 5.41) is 0. The Hall–Kier alpha value is -1.07. The van der Waals surface area contributed by atoms with Crippen molar-refractivity contribution >= 4 is 6.29 Å². The standard InChI is InChI=1S/C7H10O.C3H4/c8-6-7-4-2-1-3-5-7;1-3-2/h4,6H,1-3,5H2;1-2H2. The summed E-state index contributed by atoms with van der Waals surface area (Å²) >= 11 is 0. The van der Waals surface area contributed by atoms with E-state index in [4.69, 9.17) is 0 Å². The summed E-state index contributed by atoms with van der Waals surface area (Å²) < 4.78 is 0. The van der Waals surface area contributed by atoms with Crippen LogP contribution in [0.4, 0.5) is 0 Å². The van der Waals surface area contributed by atoms with Crippen LogP contribution in [0, 0.1) is 0 Å². The zero-order chi connectivity index (χ0) is 8.53. The van der Waals surface area contributed by atoms with Crippen molar-refractivity contribution in [3.63, 3.8) is 0 Å². The summed E-state index contributed by atoms with van der Waals surface area (Å²) in [5.74, 6) is 0. The maximum Gasteiger partial charge on any atom is 0.145 e. The Morgan fingerprint density at radius 3 is 2.36 bits per heavy atom. The molecule has 0 fully saturated rings. The quantitative estimate of drug-likeness (QED) is 0.415. The summed E-state index contributed by atoms with van der Waals surface area (Å²) in [6.45, 7) is 6.25. The van der Waals surface area contributed by atoms with Crippen LogP contribution in [-0.2, 0) is 4.79 Å². The molecule has 60 valence electrons. The molecule has 0 spiro atoms. The molecular formula is C10H14O.